The van der Waals surface area contributed by atoms with Gasteiger partial charge in [-0.1, -0.05) is 17.7 Å². The van der Waals surface area contributed by atoms with Gasteiger partial charge < -0.3 is 10.0 Å². The third-order valence-corrected chi connectivity index (χ3v) is 7.87. The summed E-state index contributed by atoms with van der Waals surface area (Å²) in [5.74, 6) is -0.469. The van der Waals surface area contributed by atoms with Gasteiger partial charge in [0.05, 0.1) is 10.6 Å². The largest absolute Gasteiger partial charge is 0.507 e. The van der Waals surface area contributed by atoms with Gasteiger partial charge in [-0.25, -0.2) is 13.8 Å². The summed E-state index contributed by atoms with van der Waals surface area (Å²) in [6.45, 7) is 2.15. The van der Waals surface area contributed by atoms with E-state index in [1.165, 1.54) is 28.6 Å². The predicted molar refractivity (Wildman–Crippen MR) is 118 cm³/mol. The molecule has 0 unspecified atom stereocenters. The molecule has 0 radical (unpaired) electrons. The molecular formula is C21H23ClN4O4S. The van der Waals surface area contributed by atoms with Crippen molar-refractivity contribution in [2.24, 2.45) is 5.10 Å². The number of amides is 1. The van der Waals surface area contributed by atoms with Crippen molar-refractivity contribution in [3.63, 3.8) is 0 Å². The van der Waals surface area contributed by atoms with E-state index in [9.17, 15) is 18.3 Å². The molecule has 1 heterocycles. The van der Waals surface area contributed by atoms with Crippen LogP contribution in [-0.4, -0.2) is 67.6 Å². The van der Waals surface area contributed by atoms with Gasteiger partial charge in [0.1, 0.15) is 5.75 Å². The summed E-state index contributed by atoms with van der Waals surface area (Å²) in [5, 5.41) is 14.9. The lowest BCUT2D eigenvalue weighted by atomic mass is 10.1. The van der Waals surface area contributed by atoms with Crippen LogP contribution in [0.3, 0.4) is 0 Å². The highest BCUT2D eigenvalue weighted by atomic mass is 35.5. The van der Waals surface area contributed by atoms with Crippen LogP contribution < -0.4 is 5.43 Å². The summed E-state index contributed by atoms with van der Waals surface area (Å²) < 4.78 is 27.3. The highest BCUT2D eigenvalue weighted by molar-refractivity contribution is 7.89. The van der Waals surface area contributed by atoms with Crippen LogP contribution in [0.1, 0.15) is 27.9 Å². The van der Waals surface area contributed by atoms with Gasteiger partial charge in [0.2, 0.25) is 10.0 Å². The monoisotopic (exact) mass is 462 g/mol. The number of nitrogens with one attached hydrogen (secondary N) is 1. The quantitative estimate of drug-likeness (QED) is 0.677. The summed E-state index contributed by atoms with van der Waals surface area (Å²) in [4.78, 5) is 14.8. The van der Waals surface area contributed by atoms with E-state index in [1.54, 1.807) is 12.1 Å². The maximum Gasteiger partial charge on any atom is 0.271 e. The second-order valence-corrected chi connectivity index (χ2v) is 10.00. The Bertz CT molecular complexity index is 1160. The molecule has 0 saturated carbocycles. The lowest BCUT2D eigenvalue weighted by Crippen LogP contribution is -2.47. The standard InChI is InChI=1S/C21H23ClN4O4S/c1-25-9-11-26(12-10-25)31(29,30)15-4-2-3-14(13-15)21(28)24-23-18-7-5-16-17(22)6-8-19(27)20(16)18/h2-4,6,8,13,27H,5,7,9-12H2,1H3,(H,24,28)/b23-18+. The lowest BCUT2D eigenvalue weighted by molar-refractivity contribution is 0.0954. The Morgan fingerprint density at radius 2 is 1.87 bits per heavy atom. The van der Waals surface area contributed by atoms with Gasteiger partial charge in [-0.3, -0.25) is 4.79 Å². The number of fused-ring (bicyclic) bond motifs is 1. The Hall–Kier alpha value is -2.46. The van der Waals surface area contributed by atoms with Gasteiger partial charge >= 0.3 is 0 Å². The number of carbonyl (C=O) groups is 1. The van der Waals surface area contributed by atoms with E-state index in [2.05, 4.69) is 15.4 Å². The second kappa shape index (κ2) is 8.58. The molecule has 0 spiro atoms. The molecule has 0 atom stereocenters. The fourth-order valence-corrected chi connectivity index (χ4v) is 5.54. The molecule has 10 heteroatoms. The number of benzene rings is 2. The van der Waals surface area contributed by atoms with Crippen molar-refractivity contribution in [1.29, 1.82) is 0 Å². The van der Waals surface area contributed by atoms with Gasteiger partial charge in [-0.15, -0.1) is 0 Å². The number of phenolic OH excluding ortho intramolecular Hbond substituents is 1. The van der Waals surface area contributed by atoms with Gasteiger partial charge in [0.15, 0.2) is 0 Å². The van der Waals surface area contributed by atoms with Gasteiger partial charge in [-0.05, 0) is 55.8 Å². The lowest BCUT2D eigenvalue weighted by Gasteiger charge is -2.31. The highest BCUT2D eigenvalue weighted by Gasteiger charge is 2.28. The molecular weight excluding hydrogens is 440 g/mol. The normalized spacial score (nSPS) is 18.8. The number of hydrazone groups is 1. The number of hydrogen-bond acceptors (Lipinski definition) is 6. The number of halogens is 1. The number of sulfonamides is 1. The minimum atomic E-state index is -3.68. The number of rotatable bonds is 4. The molecule has 164 valence electrons. The Morgan fingerprint density at radius 3 is 2.61 bits per heavy atom. The van der Waals surface area contributed by atoms with Gasteiger partial charge in [0, 0.05) is 42.3 Å². The Morgan fingerprint density at radius 1 is 1.13 bits per heavy atom. The fourth-order valence-electron chi connectivity index (χ4n) is 3.81. The first-order valence-electron chi connectivity index (χ1n) is 9.94. The van der Waals surface area contributed by atoms with Gasteiger partial charge in [-0.2, -0.15) is 9.41 Å². The van der Waals surface area contributed by atoms with Crippen LogP contribution in [0, 0.1) is 0 Å². The van der Waals surface area contributed by atoms with Crippen LogP contribution >= 0.6 is 11.6 Å². The van der Waals surface area contributed by atoms with Gasteiger partial charge in [0.25, 0.3) is 5.91 Å². The number of nitrogens with zero attached hydrogens (tertiary/aromatic N) is 3. The van der Waals surface area contributed by atoms with Crippen molar-refractivity contribution in [2.45, 2.75) is 17.7 Å². The maximum absolute atomic E-state index is 13.0. The van der Waals surface area contributed by atoms with E-state index in [4.69, 9.17) is 11.6 Å². The average Bonchev–Trinajstić information content (AvgIpc) is 3.20. The topological polar surface area (TPSA) is 102 Å². The summed E-state index contributed by atoms with van der Waals surface area (Å²) >= 11 is 6.18. The van der Waals surface area contributed by atoms with E-state index in [0.29, 0.717) is 55.3 Å². The molecule has 1 aliphatic heterocycles. The molecule has 2 aromatic carbocycles. The van der Waals surface area contributed by atoms with Crippen molar-refractivity contribution in [2.75, 3.05) is 33.2 Å². The summed E-state index contributed by atoms with van der Waals surface area (Å²) in [6.07, 6.45) is 1.15. The molecule has 4 rings (SSSR count). The number of aromatic hydroxyl groups is 1. The van der Waals surface area contributed by atoms with E-state index in [-0.39, 0.29) is 16.2 Å². The molecule has 31 heavy (non-hydrogen) atoms. The van der Waals surface area contributed by atoms with Crippen molar-refractivity contribution in [3.8, 4) is 5.75 Å². The molecule has 8 nitrogen and oxygen atoms in total. The van der Waals surface area contributed by atoms with Crippen molar-refractivity contribution in [1.82, 2.24) is 14.6 Å². The Kier molecular flexibility index (Phi) is 6.02. The first-order valence-corrected chi connectivity index (χ1v) is 11.8. The summed E-state index contributed by atoms with van der Waals surface area (Å²) in [5.41, 5.74) is 4.53. The summed E-state index contributed by atoms with van der Waals surface area (Å²) in [6, 6.07) is 9.06. The number of likely N-dealkylation sites (N-methyl/N-ethyl adjacent to an activating group) is 1. The Labute approximate surface area is 186 Å². The first-order chi connectivity index (χ1) is 14.8. The van der Waals surface area contributed by atoms with Crippen LogP contribution in [-0.2, 0) is 16.4 Å². The molecule has 1 fully saturated rings. The Balaban J connectivity index is 1.53. The van der Waals surface area contributed by atoms with E-state index >= 15 is 0 Å². The van der Waals surface area contributed by atoms with E-state index in [0.717, 1.165) is 5.56 Å². The zero-order valence-corrected chi connectivity index (χ0v) is 18.6. The minimum absolute atomic E-state index is 0.0603. The van der Waals surface area contributed by atoms with Crippen molar-refractivity contribution >= 4 is 33.2 Å². The average molecular weight is 463 g/mol. The number of piperazine rings is 1. The molecule has 1 saturated heterocycles. The summed E-state index contributed by atoms with van der Waals surface area (Å²) in [7, 11) is -1.73. The minimum Gasteiger partial charge on any atom is -0.507 e. The third-order valence-electron chi connectivity index (χ3n) is 5.62. The van der Waals surface area contributed by atoms with E-state index < -0.39 is 15.9 Å². The first kappa shape index (κ1) is 21.8. The third kappa shape index (κ3) is 4.31. The van der Waals surface area contributed by atoms with Crippen LogP contribution in [0.25, 0.3) is 0 Å². The van der Waals surface area contributed by atoms with Crippen LogP contribution in [0.2, 0.25) is 5.02 Å². The van der Waals surface area contributed by atoms with Crippen LogP contribution in [0.15, 0.2) is 46.4 Å². The number of hydrogen-bond donors (Lipinski definition) is 2. The molecule has 1 aliphatic carbocycles. The predicted octanol–water partition coefficient (Wildman–Crippen LogP) is 2.06. The molecule has 2 aromatic rings. The smallest absolute Gasteiger partial charge is 0.271 e. The molecule has 1 amide bonds. The van der Waals surface area contributed by atoms with Crippen molar-refractivity contribution < 1.29 is 18.3 Å². The molecule has 0 aromatic heterocycles. The highest BCUT2D eigenvalue weighted by Crippen LogP contribution is 2.35. The SMILES string of the molecule is CN1CCN(S(=O)(=O)c2cccc(C(=O)N/N=C3\CCc4c(Cl)ccc(O)c43)c2)CC1. The zero-order valence-electron chi connectivity index (χ0n) is 17.0. The number of phenols is 1. The fraction of sp³-hybridized carbons (Fsp3) is 0.333. The maximum atomic E-state index is 13.0. The second-order valence-electron chi connectivity index (χ2n) is 7.65. The molecule has 2 aliphatic rings. The zero-order chi connectivity index (χ0) is 22.2. The van der Waals surface area contributed by atoms with Crippen LogP contribution in [0.4, 0.5) is 0 Å². The van der Waals surface area contributed by atoms with Crippen molar-refractivity contribution in [3.05, 3.63) is 58.1 Å². The molecule has 2 N–H and O–H groups in total. The van der Waals surface area contributed by atoms with Crippen LogP contribution in [0.5, 0.6) is 5.75 Å². The van der Waals surface area contributed by atoms with E-state index in [1.807, 2.05) is 7.05 Å². The molecule has 0 bridgehead atoms. The number of carbonyl (C=O) groups excluding carboxylic acids is 1.